The van der Waals surface area contributed by atoms with E-state index >= 15 is 0 Å². The first-order valence-corrected chi connectivity index (χ1v) is 5.70. The number of anilines is 1. The maximum Gasteiger partial charge on any atom is 0.152 e. The van der Waals surface area contributed by atoms with Crippen LogP contribution in [0.25, 0.3) is 0 Å². The van der Waals surface area contributed by atoms with Gasteiger partial charge >= 0.3 is 0 Å². The third kappa shape index (κ3) is 2.63. The van der Waals surface area contributed by atoms with Gasteiger partial charge < -0.3 is 9.88 Å². The molecule has 0 aliphatic heterocycles. The fourth-order valence-electron chi connectivity index (χ4n) is 1.59. The van der Waals surface area contributed by atoms with Crippen molar-refractivity contribution in [1.29, 1.82) is 5.26 Å². The minimum Gasteiger partial charge on any atom is -0.363 e. The smallest absolute Gasteiger partial charge is 0.152 e. The lowest BCUT2D eigenvalue weighted by molar-refractivity contribution is 0.572. The van der Waals surface area contributed by atoms with Crippen LogP contribution in [0.3, 0.4) is 0 Å². The van der Waals surface area contributed by atoms with Crippen LogP contribution in [0.2, 0.25) is 0 Å². The zero-order valence-electron chi connectivity index (χ0n) is 10.3. The third-order valence-corrected chi connectivity index (χ3v) is 2.49. The Morgan fingerprint density at radius 2 is 2.28 bits per heavy atom. The lowest BCUT2D eigenvalue weighted by Crippen LogP contribution is -2.10. The summed E-state index contributed by atoms with van der Waals surface area (Å²) in [6.07, 6.45) is 1.71. The molecule has 0 bridgehead atoms. The molecule has 2 heterocycles. The predicted molar refractivity (Wildman–Crippen MR) is 66.7 cm³/mol. The molecular weight excluding hydrogens is 228 g/mol. The molecule has 2 aromatic heterocycles. The van der Waals surface area contributed by atoms with Crippen LogP contribution >= 0.6 is 0 Å². The van der Waals surface area contributed by atoms with Crippen molar-refractivity contribution in [1.82, 2.24) is 19.7 Å². The lowest BCUT2D eigenvalue weighted by Gasteiger charge is -2.10. The van der Waals surface area contributed by atoms with Gasteiger partial charge in [-0.25, -0.2) is 4.98 Å². The zero-order chi connectivity index (χ0) is 13.0. The summed E-state index contributed by atoms with van der Waals surface area (Å²) >= 11 is 0. The van der Waals surface area contributed by atoms with Gasteiger partial charge in [0, 0.05) is 6.04 Å². The van der Waals surface area contributed by atoms with Crippen molar-refractivity contribution in [2.75, 3.05) is 5.32 Å². The van der Waals surface area contributed by atoms with Crippen molar-refractivity contribution in [3.8, 4) is 6.07 Å². The Labute approximate surface area is 105 Å². The predicted octanol–water partition coefficient (Wildman–Crippen LogP) is 1.74. The van der Waals surface area contributed by atoms with Crippen molar-refractivity contribution < 1.29 is 0 Å². The highest BCUT2D eigenvalue weighted by Crippen LogP contribution is 2.09. The van der Waals surface area contributed by atoms with E-state index in [9.17, 15) is 0 Å². The minimum atomic E-state index is 0.315. The summed E-state index contributed by atoms with van der Waals surface area (Å²) in [4.78, 5) is 4.14. The fraction of sp³-hybridized carbons (Fsp3) is 0.333. The van der Waals surface area contributed by atoms with Crippen molar-refractivity contribution >= 4 is 5.82 Å². The molecule has 6 heteroatoms. The van der Waals surface area contributed by atoms with Crippen LogP contribution in [0.15, 0.2) is 24.5 Å². The quantitative estimate of drug-likeness (QED) is 0.883. The second-order valence-electron chi connectivity index (χ2n) is 4.12. The maximum absolute atomic E-state index is 8.76. The van der Waals surface area contributed by atoms with Crippen molar-refractivity contribution in [2.24, 2.45) is 0 Å². The topological polar surface area (TPSA) is 79.4 Å². The summed E-state index contributed by atoms with van der Waals surface area (Å²) in [5, 5.41) is 19.8. The van der Waals surface area contributed by atoms with Gasteiger partial charge in [0.25, 0.3) is 0 Å². The first-order valence-electron chi connectivity index (χ1n) is 5.70. The zero-order valence-corrected chi connectivity index (χ0v) is 10.3. The van der Waals surface area contributed by atoms with E-state index in [2.05, 4.69) is 34.3 Å². The third-order valence-electron chi connectivity index (χ3n) is 2.49. The van der Waals surface area contributed by atoms with Crippen LogP contribution < -0.4 is 5.32 Å². The summed E-state index contributed by atoms with van der Waals surface area (Å²) in [5.41, 5.74) is 0.394. The molecule has 2 rings (SSSR count). The van der Waals surface area contributed by atoms with Gasteiger partial charge in [0.15, 0.2) is 5.82 Å². The number of nitriles is 1. The average molecular weight is 242 g/mol. The van der Waals surface area contributed by atoms with Crippen LogP contribution in [0, 0.1) is 11.3 Å². The molecule has 0 fully saturated rings. The Kier molecular flexibility index (Phi) is 3.53. The van der Waals surface area contributed by atoms with Gasteiger partial charge in [0.1, 0.15) is 23.9 Å². The second kappa shape index (κ2) is 5.27. The largest absolute Gasteiger partial charge is 0.363 e. The standard InChI is InChI=1S/C12H14N6/c1-9(2)18-8-15-17-12(18)7-14-11-5-3-4-10(6-13)16-11/h3-5,8-9H,7H2,1-2H3,(H,14,16). The van der Waals surface area contributed by atoms with Crippen LogP contribution in [0.1, 0.15) is 31.4 Å². The highest BCUT2D eigenvalue weighted by atomic mass is 15.3. The molecule has 0 spiro atoms. The Morgan fingerprint density at radius 1 is 1.44 bits per heavy atom. The monoisotopic (exact) mass is 242 g/mol. The average Bonchev–Trinajstić information content (AvgIpc) is 2.85. The van der Waals surface area contributed by atoms with Crippen LogP contribution in [-0.2, 0) is 6.54 Å². The molecule has 0 unspecified atom stereocenters. The summed E-state index contributed by atoms with van der Waals surface area (Å²) in [5.74, 6) is 1.50. The van der Waals surface area contributed by atoms with Gasteiger partial charge in [-0.05, 0) is 26.0 Å². The molecule has 0 saturated carbocycles. The first-order chi connectivity index (χ1) is 8.70. The number of nitrogens with zero attached hydrogens (tertiary/aromatic N) is 5. The Morgan fingerprint density at radius 3 is 3.00 bits per heavy atom. The summed E-state index contributed by atoms with van der Waals surface area (Å²) in [7, 11) is 0. The summed E-state index contributed by atoms with van der Waals surface area (Å²) in [6.45, 7) is 4.67. The van der Waals surface area contributed by atoms with Crippen LogP contribution in [0.4, 0.5) is 5.82 Å². The summed E-state index contributed by atoms with van der Waals surface area (Å²) < 4.78 is 1.99. The van der Waals surface area contributed by atoms with E-state index < -0.39 is 0 Å². The molecule has 0 saturated heterocycles. The van der Waals surface area contributed by atoms with E-state index in [4.69, 9.17) is 5.26 Å². The molecule has 0 radical (unpaired) electrons. The molecule has 0 aromatic carbocycles. The number of hydrogen-bond acceptors (Lipinski definition) is 5. The molecule has 6 nitrogen and oxygen atoms in total. The van der Waals surface area contributed by atoms with E-state index in [0.717, 1.165) is 5.82 Å². The molecular formula is C12H14N6. The van der Waals surface area contributed by atoms with Crippen LogP contribution in [-0.4, -0.2) is 19.7 Å². The van der Waals surface area contributed by atoms with Crippen molar-refractivity contribution in [2.45, 2.75) is 26.4 Å². The fourth-order valence-corrected chi connectivity index (χ4v) is 1.59. The maximum atomic E-state index is 8.76. The molecule has 0 aliphatic carbocycles. The number of aromatic nitrogens is 4. The van der Waals surface area contributed by atoms with E-state index in [0.29, 0.717) is 24.1 Å². The molecule has 0 amide bonds. The van der Waals surface area contributed by atoms with Gasteiger partial charge in [0.2, 0.25) is 0 Å². The van der Waals surface area contributed by atoms with E-state index in [1.807, 2.05) is 16.7 Å². The Balaban J connectivity index is 2.07. The normalized spacial score (nSPS) is 10.3. The summed E-state index contributed by atoms with van der Waals surface area (Å²) in [6, 6.07) is 7.60. The van der Waals surface area contributed by atoms with E-state index in [1.54, 1.807) is 18.5 Å². The number of pyridine rings is 1. The first kappa shape index (κ1) is 12.0. The molecule has 18 heavy (non-hydrogen) atoms. The second-order valence-corrected chi connectivity index (χ2v) is 4.12. The Bertz CT molecular complexity index is 566. The van der Waals surface area contributed by atoms with E-state index in [1.165, 1.54) is 0 Å². The number of rotatable bonds is 4. The highest BCUT2D eigenvalue weighted by molar-refractivity contribution is 5.38. The van der Waals surface area contributed by atoms with Gasteiger partial charge in [-0.15, -0.1) is 10.2 Å². The Hall–Kier alpha value is -2.42. The van der Waals surface area contributed by atoms with Crippen LogP contribution in [0.5, 0.6) is 0 Å². The molecule has 0 aliphatic rings. The molecule has 0 atom stereocenters. The van der Waals surface area contributed by atoms with Gasteiger partial charge in [-0.2, -0.15) is 5.26 Å². The highest BCUT2D eigenvalue weighted by Gasteiger charge is 2.07. The van der Waals surface area contributed by atoms with E-state index in [-0.39, 0.29) is 0 Å². The van der Waals surface area contributed by atoms with Crippen molar-refractivity contribution in [3.63, 3.8) is 0 Å². The molecule has 2 aromatic rings. The molecule has 92 valence electrons. The van der Waals surface area contributed by atoms with Gasteiger partial charge in [0.05, 0.1) is 6.54 Å². The van der Waals surface area contributed by atoms with Gasteiger partial charge in [-0.1, -0.05) is 6.07 Å². The SMILES string of the molecule is CC(C)n1cnnc1CNc1cccc(C#N)n1. The van der Waals surface area contributed by atoms with Gasteiger partial charge in [-0.3, -0.25) is 0 Å². The van der Waals surface area contributed by atoms with Crippen molar-refractivity contribution in [3.05, 3.63) is 36.0 Å². The molecule has 1 N–H and O–H groups in total. The minimum absolute atomic E-state index is 0.315. The number of nitrogens with one attached hydrogen (secondary N) is 1. The number of hydrogen-bond donors (Lipinski definition) is 1. The lowest BCUT2D eigenvalue weighted by atomic mass is 10.3.